The molecule has 2 fully saturated rings. The Hall–Kier alpha value is -1.63. The maximum Gasteiger partial charge on any atom is 0.254 e. The summed E-state index contributed by atoms with van der Waals surface area (Å²) in [4.78, 5) is 17.2. The molecule has 1 amide bonds. The molecule has 0 bridgehead atoms. The van der Waals surface area contributed by atoms with Crippen molar-refractivity contribution in [2.24, 2.45) is 0 Å². The van der Waals surface area contributed by atoms with Crippen LogP contribution in [0.3, 0.4) is 0 Å². The van der Waals surface area contributed by atoms with Crippen LogP contribution in [0, 0.1) is 0 Å². The van der Waals surface area contributed by atoms with Gasteiger partial charge in [-0.25, -0.2) is 0 Å². The first kappa shape index (κ1) is 16.2. The summed E-state index contributed by atoms with van der Waals surface area (Å²) in [6.07, 6.45) is -0.409. The molecule has 3 rings (SSSR count). The standard InChI is InChI=1S/C17H26N4O2/c1-2-20-8-10-21(11-9-20)15-6-4-3-5-14(15)19-17(22)16-13-18-7-12-23-16/h3-6,16,18H,2,7-13H2,1H3,(H,19,22). The molecule has 2 saturated heterocycles. The second-order valence-electron chi connectivity index (χ2n) is 5.99. The highest BCUT2D eigenvalue weighted by molar-refractivity contribution is 5.97. The zero-order chi connectivity index (χ0) is 16.1. The van der Waals surface area contributed by atoms with Crippen molar-refractivity contribution in [2.75, 3.05) is 62.6 Å². The predicted molar refractivity (Wildman–Crippen MR) is 92.0 cm³/mol. The Labute approximate surface area is 137 Å². The van der Waals surface area contributed by atoms with Gasteiger partial charge in [0.2, 0.25) is 0 Å². The third-order valence-electron chi connectivity index (χ3n) is 4.54. The van der Waals surface area contributed by atoms with Gasteiger partial charge in [0.15, 0.2) is 0 Å². The number of morpholine rings is 1. The van der Waals surface area contributed by atoms with Crippen LogP contribution >= 0.6 is 0 Å². The van der Waals surface area contributed by atoms with Gasteiger partial charge in [0.05, 0.1) is 18.0 Å². The van der Waals surface area contributed by atoms with E-state index in [1.807, 2.05) is 18.2 Å². The number of ether oxygens (including phenoxy) is 1. The summed E-state index contributed by atoms with van der Waals surface area (Å²) in [5, 5.41) is 6.23. The fourth-order valence-electron chi connectivity index (χ4n) is 3.11. The molecule has 23 heavy (non-hydrogen) atoms. The summed E-state index contributed by atoms with van der Waals surface area (Å²) in [6, 6.07) is 8.03. The number of amides is 1. The number of carbonyl (C=O) groups excluding carboxylic acids is 1. The van der Waals surface area contributed by atoms with Crippen LogP contribution in [-0.2, 0) is 9.53 Å². The minimum Gasteiger partial charge on any atom is -0.367 e. The number of carbonyl (C=O) groups is 1. The topological polar surface area (TPSA) is 56.8 Å². The minimum atomic E-state index is -0.409. The van der Waals surface area contributed by atoms with Crippen molar-refractivity contribution >= 4 is 17.3 Å². The Morgan fingerprint density at radius 3 is 2.78 bits per heavy atom. The number of rotatable bonds is 4. The summed E-state index contributed by atoms with van der Waals surface area (Å²) in [7, 11) is 0. The van der Waals surface area contributed by atoms with Crippen LogP contribution in [0.4, 0.5) is 11.4 Å². The lowest BCUT2D eigenvalue weighted by atomic mass is 10.2. The second-order valence-corrected chi connectivity index (χ2v) is 5.99. The van der Waals surface area contributed by atoms with E-state index in [-0.39, 0.29) is 5.91 Å². The number of hydrogen-bond donors (Lipinski definition) is 2. The lowest BCUT2D eigenvalue weighted by molar-refractivity contribution is -0.128. The van der Waals surface area contributed by atoms with Crippen molar-refractivity contribution < 1.29 is 9.53 Å². The summed E-state index contributed by atoms with van der Waals surface area (Å²) < 4.78 is 5.53. The Kier molecular flexibility index (Phi) is 5.48. The number of nitrogens with zero attached hydrogens (tertiary/aromatic N) is 2. The van der Waals surface area contributed by atoms with Crippen LogP contribution in [0.15, 0.2) is 24.3 Å². The van der Waals surface area contributed by atoms with Gasteiger partial charge in [0.1, 0.15) is 6.10 Å². The van der Waals surface area contributed by atoms with Gasteiger partial charge >= 0.3 is 0 Å². The first-order valence-corrected chi connectivity index (χ1v) is 8.47. The number of benzene rings is 1. The Balaban J connectivity index is 1.67. The van der Waals surface area contributed by atoms with E-state index in [9.17, 15) is 4.79 Å². The summed E-state index contributed by atoms with van der Waals surface area (Å²) in [6.45, 7) is 9.36. The molecule has 6 nitrogen and oxygen atoms in total. The highest BCUT2D eigenvalue weighted by Gasteiger charge is 2.24. The van der Waals surface area contributed by atoms with Gasteiger partial charge < -0.3 is 25.2 Å². The van der Waals surface area contributed by atoms with E-state index in [4.69, 9.17) is 4.74 Å². The maximum absolute atomic E-state index is 12.4. The van der Waals surface area contributed by atoms with Gasteiger partial charge in [-0.1, -0.05) is 19.1 Å². The fraction of sp³-hybridized carbons (Fsp3) is 0.588. The van der Waals surface area contributed by atoms with Crippen molar-refractivity contribution in [3.8, 4) is 0 Å². The van der Waals surface area contributed by atoms with Crippen molar-refractivity contribution in [3.05, 3.63) is 24.3 Å². The van der Waals surface area contributed by atoms with Crippen LogP contribution in [-0.4, -0.2) is 69.3 Å². The molecule has 126 valence electrons. The number of piperazine rings is 1. The molecule has 0 spiro atoms. The zero-order valence-corrected chi connectivity index (χ0v) is 13.8. The molecule has 1 aromatic rings. The van der Waals surface area contributed by atoms with Crippen molar-refractivity contribution in [1.29, 1.82) is 0 Å². The number of hydrogen-bond acceptors (Lipinski definition) is 5. The van der Waals surface area contributed by atoms with E-state index >= 15 is 0 Å². The zero-order valence-electron chi connectivity index (χ0n) is 13.8. The molecule has 1 atom stereocenters. The highest BCUT2D eigenvalue weighted by Crippen LogP contribution is 2.27. The van der Waals surface area contributed by atoms with E-state index in [2.05, 4.69) is 33.4 Å². The molecular formula is C17H26N4O2. The average molecular weight is 318 g/mol. The third kappa shape index (κ3) is 4.02. The quantitative estimate of drug-likeness (QED) is 0.858. The van der Waals surface area contributed by atoms with Crippen LogP contribution in [0.25, 0.3) is 0 Å². The van der Waals surface area contributed by atoms with E-state index in [1.165, 1.54) is 0 Å². The molecule has 2 N–H and O–H groups in total. The SMILES string of the molecule is CCN1CCN(c2ccccc2NC(=O)C2CNCCO2)CC1. The average Bonchev–Trinajstić information content (AvgIpc) is 2.63. The first-order valence-electron chi connectivity index (χ1n) is 8.47. The van der Waals surface area contributed by atoms with E-state index in [1.54, 1.807) is 0 Å². The number of anilines is 2. The van der Waals surface area contributed by atoms with Gasteiger partial charge in [0, 0.05) is 39.3 Å². The molecule has 2 heterocycles. The normalized spacial score (nSPS) is 22.8. The third-order valence-corrected chi connectivity index (χ3v) is 4.54. The van der Waals surface area contributed by atoms with E-state index in [0.717, 1.165) is 50.6 Å². The smallest absolute Gasteiger partial charge is 0.254 e. The molecule has 0 radical (unpaired) electrons. The molecule has 0 aliphatic carbocycles. The number of likely N-dealkylation sites (N-methyl/N-ethyl adjacent to an activating group) is 1. The van der Waals surface area contributed by atoms with Crippen molar-refractivity contribution in [3.63, 3.8) is 0 Å². The van der Waals surface area contributed by atoms with Gasteiger partial charge in [-0.15, -0.1) is 0 Å². The van der Waals surface area contributed by atoms with E-state index in [0.29, 0.717) is 13.2 Å². The molecule has 0 aromatic heterocycles. The summed E-state index contributed by atoms with van der Waals surface area (Å²) in [5.74, 6) is -0.0724. The Morgan fingerprint density at radius 2 is 2.09 bits per heavy atom. The van der Waals surface area contributed by atoms with Crippen LogP contribution in [0.5, 0.6) is 0 Å². The van der Waals surface area contributed by atoms with Crippen LogP contribution in [0.1, 0.15) is 6.92 Å². The Bertz CT molecular complexity index is 523. The lowest BCUT2D eigenvalue weighted by Crippen LogP contribution is -2.47. The molecule has 1 aromatic carbocycles. The molecule has 2 aliphatic rings. The van der Waals surface area contributed by atoms with E-state index < -0.39 is 6.10 Å². The lowest BCUT2D eigenvalue weighted by Gasteiger charge is -2.36. The monoisotopic (exact) mass is 318 g/mol. The minimum absolute atomic E-state index is 0.0724. The molecule has 1 unspecified atom stereocenters. The summed E-state index contributed by atoms with van der Waals surface area (Å²) >= 11 is 0. The largest absolute Gasteiger partial charge is 0.367 e. The second kappa shape index (κ2) is 7.77. The van der Waals surface area contributed by atoms with Gasteiger partial charge in [-0.3, -0.25) is 4.79 Å². The number of nitrogens with one attached hydrogen (secondary N) is 2. The van der Waals surface area contributed by atoms with Gasteiger partial charge in [-0.2, -0.15) is 0 Å². The molecule has 0 saturated carbocycles. The fourth-order valence-corrected chi connectivity index (χ4v) is 3.11. The number of para-hydroxylation sites is 2. The molecular weight excluding hydrogens is 292 g/mol. The van der Waals surface area contributed by atoms with Crippen molar-refractivity contribution in [1.82, 2.24) is 10.2 Å². The maximum atomic E-state index is 12.4. The highest BCUT2D eigenvalue weighted by atomic mass is 16.5. The molecule has 2 aliphatic heterocycles. The van der Waals surface area contributed by atoms with Crippen LogP contribution in [0.2, 0.25) is 0 Å². The van der Waals surface area contributed by atoms with Gasteiger partial charge in [0.25, 0.3) is 5.91 Å². The van der Waals surface area contributed by atoms with Crippen molar-refractivity contribution in [2.45, 2.75) is 13.0 Å². The first-order chi connectivity index (χ1) is 11.3. The predicted octanol–water partition coefficient (Wildman–Crippen LogP) is 0.755. The summed E-state index contributed by atoms with van der Waals surface area (Å²) in [5.41, 5.74) is 1.97. The van der Waals surface area contributed by atoms with Gasteiger partial charge in [-0.05, 0) is 18.7 Å². The molecule has 6 heteroatoms. The Morgan fingerprint density at radius 1 is 1.30 bits per heavy atom. The van der Waals surface area contributed by atoms with Crippen LogP contribution < -0.4 is 15.5 Å².